The average molecular weight is 482 g/mol. The van der Waals surface area contributed by atoms with Crippen molar-refractivity contribution in [1.29, 1.82) is 0 Å². The number of carbonyl (C=O) groups is 1. The van der Waals surface area contributed by atoms with Crippen LogP contribution < -0.4 is 14.8 Å². The van der Waals surface area contributed by atoms with E-state index in [1.165, 1.54) is 30.3 Å². The number of fused-ring (bicyclic) bond motifs is 1. The number of amides is 1. The minimum atomic E-state index is -3.88. The molecule has 1 aliphatic heterocycles. The van der Waals surface area contributed by atoms with Gasteiger partial charge in [-0.3, -0.25) is 9.52 Å². The third kappa shape index (κ3) is 5.35. The number of aliphatic hydroxyl groups excluding tert-OH is 1. The van der Waals surface area contributed by atoms with E-state index in [2.05, 4.69) is 10.0 Å². The Morgan fingerprint density at radius 2 is 1.94 bits per heavy atom. The second-order valence-electron chi connectivity index (χ2n) is 7.95. The maximum Gasteiger partial charge on any atom is 0.261 e. The quantitative estimate of drug-likeness (QED) is 0.561. The summed E-state index contributed by atoms with van der Waals surface area (Å²) in [4.78, 5) is 15.0. The summed E-state index contributed by atoms with van der Waals surface area (Å²) in [5.41, 5.74) is 0.459. The highest BCUT2D eigenvalue weighted by atomic mass is 35.5. The van der Waals surface area contributed by atoms with Crippen molar-refractivity contribution in [3.63, 3.8) is 0 Å². The van der Waals surface area contributed by atoms with E-state index in [1.807, 2.05) is 14.0 Å². The lowest BCUT2D eigenvalue weighted by molar-refractivity contribution is 0.0416. The van der Waals surface area contributed by atoms with Crippen molar-refractivity contribution in [2.24, 2.45) is 5.92 Å². The summed E-state index contributed by atoms with van der Waals surface area (Å²) in [5.74, 6) is 0.0480. The fraction of sp³-hybridized carbons (Fsp3) is 0.409. The monoisotopic (exact) mass is 481 g/mol. The van der Waals surface area contributed by atoms with E-state index in [0.29, 0.717) is 23.9 Å². The molecule has 32 heavy (non-hydrogen) atoms. The van der Waals surface area contributed by atoms with Gasteiger partial charge in [0.25, 0.3) is 15.9 Å². The van der Waals surface area contributed by atoms with Crippen molar-refractivity contribution in [3.05, 3.63) is 53.1 Å². The third-order valence-corrected chi connectivity index (χ3v) is 7.10. The van der Waals surface area contributed by atoms with Crippen LogP contribution in [0.1, 0.15) is 24.2 Å². The Hall–Kier alpha value is -2.33. The van der Waals surface area contributed by atoms with Crippen molar-refractivity contribution >= 4 is 33.2 Å². The lowest BCUT2D eigenvalue weighted by Gasteiger charge is -2.37. The number of hydrogen-bond donors (Lipinski definition) is 3. The molecule has 0 saturated carbocycles. The number of aliphatic hydroxyl groups is 1. The molecular weight excluding hydrogens is 454 g/mol. The molecular formula is C22H28ClN3O5S. The normalized spacial score (nSPS) is 20.0. The second-order valence-corrected chi connectivity index (χ2v) is 10.1. The number of likely N-dealkylation sites (N-methyl/N-ethyl adjacent to an activating group) is 1. The zero-order valence-corrected chi connectivity index (χ0v) is 19.8. The number of nitrogens with one attached hydrogen (secondary N) is 2. The smallest absolute Gasteiger partial charge is 0.261 e. The summed E-state index contributed by atoms with van der Waals surface area (Å²) >= 11 is 5.85. The summed E-state index contributed by atoms with van der Waals surface area (Å²) < 4.78 is 34.2. The van der Waals surface area contributed by atoms with Crippen molar-refractivity contribution < 1.29 is 23.1 Å². The highest BCUT2D eigenvalue weighted by molar-refractivity contribution is 7.92. The second kappa shape index (κ2) is 10.1. The van der Waals surface area contributed by atoms with Crippen LogP contribution in [0, 0.1) is 5.92 Å². The van der Waals surface area contributed by atoms with Gasteiger partial charge in [-0.2, -0.15) is 0 Å². The maximum absolute atomic E-state index is 13.4. The molecule has 8 nitrogen and oxygen atoms in total. The van der Waals surface area contributed by atoms with Gasteiger partial charge < -0.3 is 20.1 Å². The number of carbonyl (C=O) groups excluding carboxylic acids is 1. The Labute approximate surface area is 193 Å². The zero-order valence-electron chi connectivity index (χ0n) is 18.2. The van der Waals surface area contributed by atoms with Crippen LogP contribution in [-0.2, 0) is 10.0 Å². The van der Waals surface area contributed by atoms with Gasteiger partial charge in [0, 0.05) is 29.7 Å². The summed E-state index contributed by atoms with van der Waals surface area (Å²) in [5, 5.41) is 13.2. The Morgan fingerprint density at radius 1 is 1.25 bits per heavy atom. The summed E-state index contributed by atoms with van der Waals surface area (Å²) in [6, 6.07) is 10.0. The Morgan fingerprint density at radius 3 is 2.56 bits per heavy atom. The molecule has 0 fully saturated rings. The highest BCUT2D eigenvalue weighted by Crippen LogP contribution is 2.31. The first-order valence-electron chi connectivity index (χ1n) is 10.3. The molecule has 0 bridgehead atoms. The number of ether oxygens (including phenoxy) is 1. The molecule has 174 valence electrons. The third-order valence-electron chi connectivity index (χ3n) is 5.45. The zero-order chi connectivity index (χ0) is 23.5. The lowest BCUT2D eigenvalue weighted by atomic mass is 9.99. The fourth-order valence-electron chi connectivity index (χ4n) is 3.56. The highest BCUT2D eigenvalue weighted by Gasteiger charge is 2.33. The van der Waals surface area contributed by atoms with E-state index in [0.717, 1.165) is 0 Å². The van der Waals surface area contributed by atoms with E-state index in [1.54, 1.807) is 24.0 Å². The van der Waals surface area contributed by atoms with Crippen LogP contribution in [0.2, 0.25) is 5.02 Å². The van der Waals surface area contributed by atoms with Crippen LogP contribution >= 0.6 is 11.6 Å². The first-order valence-corrected chi connectivity index (χ1v) is 12.2. The Kier molecular flexibility index (Phi) is 7.66. The van der Waals surface area contributed by atoms with Crippen LogP contribution in [0.3, 0.4) is 0 Å². The topological polar surface area (TPSA) is 108 Å². The maximum atomic E-state index is 13.4. The van der Waals surface area contributed by atoms with Crippen molar-refractivity contribution in [2.75, 3.05) is 31.5 Å². The molecule has 1 heterocycles. The van der Waals surface area contributed by atoms with Crippen LogP contribution in [0.25, 0.3) is 0 Å². The number of benzene rings is 2. The van der Waals surface area contributed by atoms with Gasteiger partial charge in [0.2, 0.25) is 0 Å². The number of hydrogen-bond acceptors (Lipinski definition) is 6. The van der Waals surface area contributed by atoms with Gasteiger partial charge in [-0.05, 0) is 56.4 Å². The van der Waals surface area contributed by atoms with Gasteiger partial charge in [-0.15, -0.1) is 0 Å². The van der Waals surface area contributed by atoms with E-state index in [4.69, 9.17) is 16.3 Å². The standard InChI is InChI=1S/C22H28ClN3O5S/c1-14-12-26(15(2)13-27)22(28)19-10-17(6-9-20(19)31-21(14)11-24-3)25-32(29,30)18-7-4-16(23)5-8-18/h4-10,14-15,21,24-25,27H,11-13H2,1-3H3/t14-,15-,21-/m0/s1. The molecule has 0 radical (unpaired) electrons. The van der Waals surface area contributed by atoms with E-state index in [9.17, 15) is 18.3 Å². The molecule has 0 aliphatic carbocycles. The summed E-state index contributed by atoms with van der Waals surface area (Å²) in [6.45, 7) is 4.54. The van der Waals surface area contributed by atoms with Crippen LogP contribution in [0.5, 0.6) is 5.75 Å². The molecule has 3 rings (SSSR count). The van der Waals surface area contributed by atoms with Gasteiger partial charge in [0.1, 0.15) is 11.9 Å². The molecule has 0 spiro atoms. The van der Waals surface area contributed by atoms with Gasteiger partial charge >= 0.3 is 0 Å². The number of sulfonamides is 1. The van der Waals surface area contributed by atoms with E-state index < -0.39 is 16.1 Å². The molecule has 1 aliphatic rings. The van der Waals surface area contributed by atoms with Crippen LogP contribution in [0.4, 0.5) is 5.69 Å². The molecule has 1 amide bonds. The van der Waals surface area contributed by atoms with Crippen LogP contribution in [0.15, 0.2) is 47.4 Å². The molecule has 2 aromatic carbocycles. The van der Waals surface area contributed by atoms with Gasteiger partial charge in [-0.1, -0.05) is 18.5 Å². The minimum absolute atomic E-state index is 0.0108. The van der Waals surface area contributed by atoms with Gasteiger partial charge in [0.15, 0.2) is 0 Å². The predicted molar refractivity (Wildman–Crippen MR) is 124 cm³/mol. The van der Waals surface area contributed by atoms with E-state index >= 15 is 0 Å². The Bertz CT molecular complexity index is 1060. The molecule has 3 N–H and O–H groups in total. The lowest BCUT2D eigenvalue weighted by Crippen LogP contribution is -2.49. The number of halogens is 1. The van der Waals surface area contributed by atoms with Crippen LogP contribution in [-0.4, -0.2) is 63.2 Å². The molecule has 0 saturated heterocycles. The average Bonchev–Trinajstić information content (AvgIpc) is 2.76. The summed E-state index contributed by atoms with van der Waals surface area (Å²) in [7, 11) is -2.05. The molecule has 0 unspecified atom stereocenters. The summed E-state index contributed by atoms with van der Waals surface area (Å²) in [6.07, 6.45) is -0.211. The molecule has 3 atom stereocenters. The molecule has 2 aromatic rings. The minimum Gasteiger partial charge on any atom is -0.488 e. The number of anilines is 1. The molecule has 0 aromatic heterocycles. The Balaban J connectivity index is 1.99. The first kappa shape index (κ1) is 24.3. The number of rotatable bonds is 7. The largest absolute Gasteiger partial charge is 0.488 e. The molecule has 10 heteroatoms. The van der Waals surface area contributed by atoms with Gasteiger partial charge in [0.05, 0.1) is 23.1 Å². The first-order chi connectivity index (χ1) is 15.2. The van der Waals surface area contributed by atoms with Crippen molar-refractivity contribution in [2.45, 2.75) is 30.9 Å². The van der Waals surface area contributed by atoms with Gasteiger partial charge in [-0.25, -0.2) is 8.42 Å². The number of nitrogens with zero attached hydrogens (tertiary/aromatic N) is 1. The predicted octanol–water partition coefficient (Wildman–Crippen LogP) is 2.58. The SMILES string of the molecule is CNC[C@@H]1Oc2ccc(NS(=O)(=O)c3ccc(Cl)cc3)cc2C(=O)N([C@@H](C)CO)C[C@@H]1C. The van der Waals surface area contributed by atoms with E-state index in [-0.39, 0.29) is 40.7 Å². The van der Waals surface area contributed by atoms with Crippen molar-refractivity contribution in [1.82, 2.24) is 10.2 Å². The van der Waals surface area contributed by atoms with Crippen molar-refractivity contribution in [3.8, 4) is 5.75 Å². The fourth-order valence-corrected chi connectivity index (χ4v) is 4.73.